The van der Waals surface area contributed by atoms with Crippen molar-refractivity contribution >= 4 is 22.5 Å². The van der Waals surface area contributed by atoms with Crippen molar-refractivity contribution in [3.63, 3.8) is 0 Å². The first-order valence-electron chi connectivity index (χ1n) is 10.7. The predicted octanol–water partition coefficient (Wildman–Crippen LogP) is 4.42. The SMILES string of the molecule is CCOc1ccc(OCC(=O)Nc2ccc(-n3c(C)nc4ccccc4c3=O)cc2C)cc1. The molecule has 0 saturated heterocycles. The molecule has 4 rings (SSSR count). The zero-order valence-electron chi connectivity index (χ0n) is 18.8. The van der Waals surface area contributed by atoms with Gasteiger partial charge in [-0.25, -0.2) is 4.98 Å². The van der Waals surface area contributed by atoms with Crippen LogP contribution in [0.4, 0.5) is 5.69 Å². The minimum atomic E-state index is -0.277. The van der Waals surface area contributed by atoms with E-state index in [2.05, 4.69) is 10.3 Å². The van der Waals surface area contributed by atoms with Crippen LogP contribution in [-0.4, -0.2) is 28.7 Å². The normalized spacial score (nSPS) is 10.8. The van der Waals surface area contributed by atoms with Gasteiger partial charge in [-0.15, -0.1) is 0 Å². The van der Waals surface area contributed by atoms with Gasteiger partial charge in [0.2, 0.25) is 0 Å². The lowest BCUT2D eigenvalue weighted by atomic mass is 10.1. The van der Waals surface area contributed by atoms with Crippen LogP contribution in [0.5, 0.6) is 11.5 Å². The fourth-order valence-corrected chi connectivity index (χ4v) is 3.61. The van der Waals surface area contributed by atoms with Crippen LogP contribution in [-0.2, 0) is 4.79 Å². The summed E-state index contributed by atoms with van der Waals surface area (Å²) in [5.41, 5.74) is 2.71. The van der Waals surface area contributed by atoms with Crippen LogP contribution in [0.25, 0.3) is 16.6 Å². The molecule has 0 spiro atoms. The van der Waals surface area contributed by atoms with Gasteiger partial charge >= 0.3 is 0 Å². The quantitative estimate of drug-likeness (QED) is 0.457. The molecule has 3 aromatic carbocycles. The van der Waals surface area contributed by atoms with Gasteiger partial charge in [-0.05, 0) is 80.9 Å². The molecule has 168 valence electrons. The van der Waals surface area contributed by atoms with E-state index in [1.807, 2.05) is 38.1 Å². The molecule has 0 bridgehead atoms. The number of carbonyl (C=O) groups is 1. The average molecular weight is 444 g/mol. The first-order valence-corrected chi connectivity index (χ1v) is 10.7. The summed E-state index contributed by atoms with van der Waals surface area (Å²) in [6, 6.07) is 19.8. The second kappa shape index (κ2) is 9.56. The molecule has 1 aromatic heterocycles. The van der Waals surface area contributed by atoms with Crippen LogP contribution < -0.4 is 20.3 Å². The maximum Gasteiger partial charge on any atom is 0.265 e. The number of aromatic nitrogens is 2. The molecular weight excluding hydrogens is 418 g/mol. The molecule has 1 N–H and O–H groups in total. The summed E-state index contributed by atoms with van der Waals surface area (Å²) < 4.78 is 12.5. The zero-order valence-corrected chi connectivity index (χ0v) is 18.8. The van der Waals surface area contributed by atoms with E-state index in [-0.39, 0.29) is 18.1 Å². The average Bonchev–Trinajstić information content (AvgIpc) is 2.80. The van der Waals surface area contributed by atoms with Crippen molar-refractivity contribution in [1.29, 1.82) is 0 Å². The number of aryl methyl sites for hydroxylation is 2. The fraction of sp³-hybridized carbons (Fsp3) is 0.192. The van der Waals surface area contributed by atoms with Crippen molar-refractivity contribution in [2.45, 2.75) is 20.8 Å². The molecular formula is C26H25N3O4. The molecule has 0 unspecified atom stereocenters. The maximum atomic E-state index is 13.0. The van der Waals surface area contributed by atoms with Crippen LogP contribution in [0.3, 0.4) is 0 Å². The highest BCUT2D eigenvalue weighted by molar-refractivity contribution is 5.92. The van der Waals surface area contributed by atoms with E-state index in [9.17, 15) is 9.59 Å². The summed E-state index contributed by atoms with van der Waals surface area (Å²) in [5, 5.41) is 3.42. The Balaban J connectivity index is 1.47. The van der Waals surface area contributed by atoms with Gasteiger partial charge in [0.1, 0.15) is 17.3 Å². The van der Waals surface area contributed by atoms with Gasteiger partial charge in [0, 0.05) is 5.69 Å². The molecule has 1 heterocycles. The van der Waals surface area contributed by atoms with Crippen molar-refractivity contribution in [2.75, 3.05) is 18.5 Å². The lowest BCUT2D eigenvalue weighted by molar-refractivity contribution is -0.118. The van der Waals surface area contributed by atoms with Gasteiger partial charge in [-0.1, -0.05) is 12.1 Å². The number of amides is 1. The highest BCUT2D eigenvalue weighted by Crippen LogP contribution is 2.21. The molecule has 0 atom stereocenters. The van der Waals surface area contributed by atoms with Gasteiger partial charge in [0.05, 0.1) is 23.2 Å². The fourth-order valence-electron chi connectivity index (χ4n) is 3.61. The standard InChI is InChI=1S/C26H25N3O4/c1-4-32-20-10-12-21(13-11-20)33-16-25(30)28-23-14-9-19(15-17(23)2)29-18(3)27-24-8-6-5-7-22(24)26(29)31/h5-15H,4,16H2,1-3H3,(H,28,30). The molecule has 0 fully saturated rings. The van der Waals surface area contributed by atoms with Crippen LogP contribution >= 0.6 is 0 Å². The minimum absolute atomic E-state index is 0.123. The number of benzene rings is 3. The lowest BCUT2D eigenvalue weighted by Gasteiger charge is -2.14. The number of fused-ring (bicyclic) bond motifs is 1. The summed E-state index contributed by atoms with van der Waals surface area (Å²) >= 11 is 0. The number of anilines is 1. The van der Waals surface area contributed by atoms with E-state index in [4.69, 9.17) is 9.47 Å². The monoisotopic (exact) mass is 443 g/mol. The summed E-state index contributed by atoms with van der Waals surface area (Å²) in [6.07, 6.45) is 0. The Morgan fingerprint density at radius 2 is 1.67 bits per heavy atom. The van der Waals surface area contributed by atoms with Crippen molar-refractivity contribution < 1.29 is 14.3 Å². The van der Waals surface area contributed by atoms with Gasteiger partial charge in [-0.3, -0.25) is 14.2 Å². The first-order chi connectivity index (χ1) is 16.0. The number of carbonyl (C=O) groups excluding carboxylic acids is 1. The third-order valence-electron chi connectivity index (χ3n) is 5.19. The van der Waals surface area contributed by atoms with E-state index >= 15 is 0 Å². The van der Waals surface area contributed by atoms with Crippen molar-refractivity contribution in [1.82, 2.24) is 9.55 Å². The van der Waals surface area contributed by atoms with Gasteiger partial charge in [0.15, 0.2) is 6.61 Å². The van der Waals surface area contributed by atoms with Crippen LogP contribution in [0.2, 0.25) is 0 Å². The third-order valence-corrected chi connectivity index (χ3v) is 5.19. The summed E-state index contributed by atoms with van der Waals surface area (Å²) in [6.45, 7) is 6.06. The maximum absolute atomic E-state index is 13.0. The van der Waals surface area contributed by atoms with Crippen LogP contribution in [0, 0.1) is 13.8 Å². The van der Waals surface area contributed by atoms with E-state index in [1.54, 1.807) is 54.0 Å². The Kier molecular flexibility index (Phi) is 6.40. The number of hydrogen-bond donors (Lipinski definition) is 1. The molecule has 0 radical (unpaired) electrons. The first kappa shape index (κ1) is 22.1. The number of para-hydroxylation sites is 1. The van der Waals surface area contributed by atoms with Gasteiger partial charge in [0.25, 0.3) is 11.5 Å². The summed E-state index contributed by atoms with van der Waals surface area (Å²) in [5.74, 6) is 1.65. The Hall–Kier alpha value is -4.13. The molecule has 0 saturated carbocycles. The van der Waals surface area contributed by atoms with Crippen molar-refractivity contribution in [3.05, 3.63) is 88.5 Å². The van der Waals surface area contributed by atoms with E-state index in [0.717, 1.165) is 11.3 Å². The second-order valence-corrected chi connectivity index (χ2v) is 7.56. The topological polar surface area (TPSA) is 82.4 Å². The number of hydrogen-bond acceptors (Lipinski definition) is 5. The molecule has 0 aliphatic carbocycles. The molecule has 7 heteroatoms. The minimum Gasteiger partial charge on any atom is -0.494 e. The second-order valence-electron chi connectivity index (χ2n) is 7.56. The smallest absolute Gasteiger partial charge is 0.265 e. The number of rotatable bonds is 7. The van der Waals surface area contributed by atoms with Crippen molar-refractivity contribution in [3.8, 4) is 17.2 Å². The highest BCUT2D eigenvalue weighted by atomic mass is 16.5. The molecule has 7 nitrogen and oxygen atoms in total. The Labute approximate surface area is 191 Å². The third kappa shape index (κ3) is 4.87. The Bertz CT molecular complexity index is 1360. The highest BCUT2D eigenvalue weighted by Gasteiger charge is 2.12. The summed E-state index contributed by atoms with van der Waals surface area (Å²) in [4.78, 5) is 30.0. The molecule has 1 amide bonds. The zero-order chi connectivity index (χ0) is 23.4. The van der Waals surface area contributed by atoms with E-state index in [0.29, 0.717) is 40.5 Å². The number of nitrogens with one attached hydrogen (secondary N) is 1. The molecule has 0 aliphatic rings. The van der Waals surface area contributed by atoms with E-state index in [1.165, 1.54) is 0 Å². The molecule has 33 heavy (non-hydrogen) atoms. The lowest BCUT2D eigenvalue weighted by Crippen LogP contribution is -2.23. The number of ether oxygens (including phenoxy) is 2. The predicted molar refractivity (Wildman–Crippen MR) is 129 cm³/mol. The van der Waals surface area contributed by atoms with Crippen molar-refractivity contribution in [2.24, 2.45) is 0 Å². The largest absolute Gasteiger partial charge is 0.494 e. The summed E-state index contributed by atoms with van der Waals surface area (Å²) in [7, 11) is 0. The number of nitrogens with zero attached hydrogens (tertiary/aromatic N) is 2. The van der Waals surface area contributed by atoms with Crippen LogP contribution in [0.15, 0.2) is 71.5 Å². The van der Waals surface area contributed by atoms with E-state index < -0.39 is 0 Å². The van der Waals surface area contributed by atoms with Gasteiger partial charge < -0.3 is 14.8 Å². The molecule has 0 aliphatic heterocycles. The molecule has 4 aromatic rings. The van der Waals surface area contributed by atoms with Gasteiger partial charge in [-0.2, -0.15) is 0 Å². The Morgan fingerprint density at radius 3 is 2.36 bits per heavy atom. The van der Waals surface area contributed by atoms with Crippen LogP contribution in [0.1, 0.15) is 18.3 Å². The Morgan fingerprint density at radius 1 is 0.970 bits per heavy atom.